The van der Waals surface area contributed by atoms with Crippen LogP contribution in [0.3, 0.4) is 0 Å². The Morgan fingerprint density at radius 1 is 1.37 bits per heavy atom. The fourth-order valence-electron chi connectivity index (χ4n) is 1.38. The van der Waals surface area contributed by atoms with E-state index in [0.717, 1.165) is 4.88 Å². The molecule has 19 heavy (non-hydrogen) atoms. The molecule has 1 aromatic rings. The molecule has 0 spiro atoms. The van der Waals surface area contributed by atoms with Gasteiger partial charge >= 0.3 is 11.8 Å². The molecule has 2 amide bonds. The van der Waals surface area contributed by atoms with Crippen molar-refractivity contribution in [2.75, 3.05) is 13.1 Å². The average molecular weight is 299 g/mol. The molecule has 1 aromatic heterocycles. The Morgan fingerprint density at radius 3 is 2.53 bits per heavy atom. The van der Waals surface area contributed by atoms with Crippen LogP contribution in [-0.4, -0.2) is 29.9 Å². The fraction of sp³-hybridized carbons (Fsp3) is 0.417. The fourth-order valence-corrected chi connectivity index (χ4v) is 2.30. The molecule has 4 N–H and O–H groups in total. The molecule has 7 heteroatoms. The van der Waals surface area contributed by atoms with Crippen molar-refractivity contribution in [1.29, 1.82) is 0 Å². The van der Waals surface area contributed by atoms with Crippen LogP contribution in [0.5, 0.6) is 0 Å². The predicted octanol–water partition coefficient (Wildman–Crippen LogP) is 0.544. The van der Waals surface area contributed by atoms with Crippen LogP contribution < -0.4 is 16.4 Å². The number of hydrogen-bond acceptors (Lipinski definition) is 4. The molecule has 0 aliphatic carbocycles. The van der Waals surface area contributed by atoms with Crippen molar-refractivity contribution >= 4 is 40.4 Å². The van der Waals surface area contributed by atoms with E-state index in [0.29, 0.717) is 6.54 Å². The third kappa shape index (κ3) is 4.96. The van der Waals surface area contributed by atoms with E-state index in [2.05, 4.69) is 22.9 Å². The van der Waals surface area contributed by atoms with Crippen LogP contribution in [0, 0.1) is 0 Å². The highest BCUT2D eigenvalue weighted by Gasteiger charge is 2.24. The topological polar surface area (TPSA) is 84.2 Å². The van der Waals surface area contributed by atoms with E-state index >= 15 is 0 Å². The van der Waals surface area contributed by atoms with Gasteiger partial charge in [0, 0.05) is 16.8 Å². The maximum atomic E-state index is 11.6. The zero-order valence-corrected chi connectivity index (χ0v) is 12.5. The quantitative estimate of drug-likeness (QED) is 0.547. The third-order valence-electron chi connectivity index (χ3n) is 2.51. The first kappa shape index (κ1) is 15.6. The van der Waals surface area contributed by atoms with Crippen LogP contribution in [0.25, 0.3) is 0 Å². The number of nitrogens with one attached hydrogen (secondary N) is 2. The summed E-state index contributed by atoms with van der Waals surface area (Å²) in [4.78, 5) is 24.3. The molecule has 0 saturated carbocycles. The first-order valence-electron chi connectivity index (χ1n) is 5.71. The van der Waals surface area contributed by atoms with E-state index in [1.165, 1.54) is 0 Å². The summed E-state index contributed by atoms with van der Waals surface area (Å²) in [6.07, 6.45) is 0. The van der Waals surface area contributed by atoms with Crippen molar-refractivity contribution in [3.63, 3.8) is 0 Å². The third-order valence-corrected chi connectivity index (χ3v) is 3.89. The summed E-state index contributed by atoms with van der Waals surface area (Å²) in [7, 11) is 0. The van der Waals surface area contributed by atoms with Gasteiger partial charge in [0.1, 0.15) is 0 Å². The van der Waals surface area contributed by atoms with Crippen molar-refractivity contribution in [1.82, 2.24) is 10.6 Å². The van der Waals surface area contributed by atoms with Crippen LogP contribution in [0.1, 0.15) is 18.7 Å². The highest BCUT2D eigenvalue weighted by molar-refractivity contribution is 7.80. The lowest BCUT2D eigenvalue weighted by atomic mass is 9.91. The summed E-state index contributed by atoms with van der Waals surface area (Å²) in [5.41, 5.74) is 5.02. The van der Waals surface area contributed by atoms with Crippen molar-refractivity contribution in [2.24, 2.45) is 5.73 Å². The Labute approximate surface area is 121 Å². The minimum absolute atomic E-state index is 0.0237. The molecule has 0 aliphatic heterocycles. The lowest BCUT2D eigenvalue weighted by Crippen LogP contribution is -2.46. The predicted molar refractivity (Wildman–Crippen MR) is 80.1 cm³/mol. The van der Waals surface area contributed by atoms with Crippen LogP contribution in [0.4, 0.5) is 0 Å². The molecule has 1 rings (SSSR count). The minimum atomic E-state index is -0.727. The summed E-state index contributed by atoms with van der Waals surface area (Å²) < 4.78 is 0. The molecule has 5 nitrogen and oxygen atoms in total. The highest BCUT2D eigenvalue weighted by atomic mass is 32.1. The second kappa shape index (κ2) is 6.63. The molecule has 0 radical (unpaired) electrons. The van der Waals surface area contributed by atoms with E-state index in [1.807, 2.05) is 31.4 Å². The summed E-state index contributed by atoms with van der Waals surface area (Å²) in [6, 6.07) is 3.96. The molecule has 0 saturated heterocycles. The number of carbonyl (C=O) groups excluding carboxylic acids is 2. The normalized spacial score (nSPS) is 10.8. The molecule has 0 aliphatic rings. The van der Waals surface area contributed by atoms with Gasteiger partial charge in [0.15, 0.2) is 0 Å². The van der Waals surface area contributed by atoms with Gasteiger partial charge in [-0.25, -0.2) is 0 Å². The zero-order valence-electron chi connectivity index (χ0n) is 10.9. The van der Waals surface area contributed by atoms with Crippen LogP contribution >= 0.6 is 23.6 Å². The number of amides is 2. The van der Waals surface area contributed by atoms with Gasteiger partial charge in [0.2, 0.25) is 0 Å². The monoisotopic (exact) mass is 299 g/mol. The van der Waals surface area contributed by atoms with Crippen molar-refractivity contribution in [2.45, 2.75) is 19.3 Å². The zero-order chi connectivity index (χ0) is 14.5. The maximum absolute atomic E-state index is 11.6. The number of thiocarbonyl (C=S) groups is 1. The van der Waals surface area contributed by atoms with E-state index in [9.17, 15) is 9.59 Å². The Balaban J connectivity index is 2.46. The van der Waals surface area contributed by atoms with Gasteiger partial charge in [0.25, 0.3) is 0 Å². The summed E-state index contributed by atoms with van der Waals surface area (Å²) in [5.74, 6) is -1.41. The largest absolute Gasteiger partial charge is 0.392 e. The smallest absolute Gasteiger partial charge is 0.309 e. The van der Waals surface area contributed by atoms with Crippen LogP contribution in [0.2, 0.25) is 0 Å². The minimum Gasteiger partial charge on any atom is -0.392 e. The van der Waals surface area contributed by atoms with Gasteiger partial charge in [-0.15, -0.1) is 11.3 Å². The Kier molecular flexibility index (Phi) is 5.44. The first-order valence-corrected chi connectivity index (χ1v) is 7.00. The van der Waals surface area contributed by atoms with E-state index in [4.69, 9.17) is 5.73 Å². The number of thiophene rings is 1. The number of rotatable bonds is 5. The lowest BCUT2D eigenvalue weighted by molar-refractivity contribution is -0.139. The number of hydrogen-bond donors (Lipinski definition) is 3. The van der Waals surface area contributed by atoms with E-state index in [-0.39, 0.29) is 16.9 Å². The second-order valence-electron chi connectivity index (χ2n) is 4.69. The lowest BCUT2D eigenvalue weighted by Gasteiger charge is -2.23. The second-order valence-corrected chi connectivity index (χ2v) is 6.16. The summed E-state index contributed by atoms with van der Waals surface area (Å²) >= 11 is 6.23. The molecular formula is C12H17N3O2S2. The molecule has 1 heterocycles. The van der Waals surface area contributed by atoms with Gasteiger partial charge < -0.3 is 16.4 Å². The molecule has 0 aromatic carbocycles. The van der Waals surface area contributed by atoms with E-state index < -0.39 is 11.8 Å². The standard InChI is InChI=1S/C12H17N3O2S2/c1-12(2,8-4-3-5-19-8)7-15-11(17)10(16)14-6-9(13)18/h3-5H,6-7H2,1-2H3,(H2,13,18)(H,14,16)(H,15,17). The molecule has 0 atom stereocenters. The maximum Gasteiger partial charge on any atom is 0.309 e. The Hall–Kier alpha value is -1.47. The van der Waals surface area contributed by atoms with Crippen molar-refractivity contribution in [3.8, 4) is 0 Å². The van der Waals surface area contributed by atoms with Gasteiger partial charge in [0.05, 0.1) is 11.5 Å². The van der Waals surface area contributed by atoms with Crippen molar-refractivity contribution in [3.05, 3.63) is 22.4 Å². The Morgan fingerprint density at radius 2 is 2.00 bits per heavy atom. The molecule has 0 bridgehead atoms. The van der Waals surface area contributed by atoms with Crippen LogP contribution in [-0.2, 0) is 15.0 Å². The van der Waals surface area contributed by atoms with Crippen molar-refractivity contribution < 1.29 is 9.59 Å². The van der Waals surface area contributed by atoms with Gasteiger partial charge in [-0.1, -0.05) is 32.1 Å². The summed E-state index contributed by atoms with van der Waals surface area (Å²) in [6.45, 7) is 4.42. The highest BCUT2D eigenvalue weighted by Crippen LogP contribution is 2.26. The molecule has 0 fully saturated rings. The van der Waals surface area contributed by atoms with Gasteiger partial charge in [-0.2, -0.15) is 0 Å². The van der Waals surface area contributed by atoms with Gasteiger partial charge in [-0.3, -0.25) is 9.59 Å². The van der Waals surface area contributed by atoms with Crippen LogP contribution in [0.15, 0.2) is 17.5 Å². The van der Waals surface area contributed by atoms with E-state index in [1.54, 1.807) is 11.3 Å². The number of nitrogens with two attached hydrogens (primary N) is 1. The molecule has 0 unspecified atom stereocenters. The SMILES string of the molecule is CC(C)(CNC(=O)C(=O)NCC(N)=S)c1cccs1. The molecular weight excluding hydrogens is 282 g/mol. The summed E-state index contributed by atoms with van der Waals surface area (Å²) in [5, 5.41) is 6.92. The average Bonchev–Trinajstić information content (AvgIpc) is 2.87. The number of carbonyl (C=O) groups is 2. The molecule has 104 valence electrons. The Bertz CT molecular complexity index is 469. The first-order chi connectivity index (χ1) is 8.83. The van der Waals surface area contributed by atoms with Gasteiger partial charge in [-0.05, 0) is 11.4 Å².